The number of carboxylic acids is 1. The van der Waals surface area contributed by atoms with Crippen molar-refractivity contribution in [3.8, 4) is 0 Å². The molecule has 0 aromatic heterocycles. The summed E-state index contributed by atoms with van der Waals surface area (Å²) in [7, 11) is 0. The summed E-state index contributed by atoms with van der Waals surface area (Å²) < 4.78 is 0. The fourth-order valence-corrected chi connectivity index (χ4v) is 3.16. The molecular weight excluding hydrogens is 268 g/mol. The Morgan fingerprint density at radius 2 is 1.95 bits per heavy atom. The third-order valence-electron chi connectivity index (χ3n) is 4.61. The predicted octanol–water partition coefficient (Wildman–Crippen LogP) is 2.80. The van der Waals surface area contributed by atoms with Crippen LogP contribution in [0.1, 0.15) is 52.9 Å². The third kappa shape index (κ3) is 3.89. The van der Waals surface area contributed by atoms with E-state index in [2.05, 4.69) is 13.8 Å². The molecule has 0 radical (unpaired) electrons. The van der Waals surface area contributed by atoms with Gasteiger partial charge < -0.3 is 14.9 Å². The van der Waals surface area contributed by atoms with Crippen molar-refractivity contribution in [1.29, 1.82) is 0 Å². The van der Waals surface area contributed by atoms with Gasteiger partial charge in [-0.2, -0.15) is 0 Å². The zero-order valence-electron chi connectivity index (χ0n) is 13.4. The lowest BCUT2D eigenvalue weighted by Crippen LogP contribution is -2.56. The van der Waals surface area contributed by atoms with Crippen LogP contribution in [-0.4, -0.2) is 52.1 Å². The van der Waals surface area contributed by atoms with E-state index in [1.165, 1.54) is 0 Å². The van der Waals surface area contributed by atoms with Crippen LogP contribution in [-0.2, 0) is 4.79 Å². The molecular formula is C16H28N2O3. The number of carbonyl (C=O) groups is 2. The molecule has 120 valence electrons. The van der Waals surface area contributed by atoms with Gasteiger partial charge in [0.2, 0.25) is 0 Å². The highest BCUT2D eigenvalue weighted by Crippen LogP contribution is 2.31. The van der Waals surface area contributed by atoms with Crippen LogP contribution in [0.5, 0.6) is 0 Å². The van der Waals surface area contributed by atoms with Crippen molar-refractivity contribution in [2.24, 2.45) is 11.8 Å². The number of urea groups is 1. The van der Waals surface area contributed by atoms with Gasteiger partial charge in [0.05, 0.1) is 0 Å². The van der Waals surface area contributed by atoms with Crippen LogP contribution in [0.15, 0.2) is 0 Å². The number of piperidine rings is 1. The number of aliphatic carboxylic acids is 1. The third-order valence-corrected chi connectivity index (χ3v) is 4.61. The lowest BCUT2D eigenvalue weighted by atomic mass is 9.91. The number of carbonyl (C=O) groups excluding carboxylic acids is 1. The Morgan fingerprint density at radius 1 is 1.29 bits per heavy atom. The van der Waals surface area contributed by atoms with Gasteiger partial charge in [-0.25, -0.2) is 9.59 Å². The van der Waals surface area contributed by atoms with Crippen molar-refractivity contribution >= 4 is 12.0 Å². The van der Waals surface area contributed by atoms with Crippen molar-refractivity contribution in [1.82, 2.24) is 9.80 Å². The largest absolute Gasteiger partial charge is 0.480 e. The summed E-state index contributed by atoms with van der Waals surface area (Å²) in [5, 5.41) is 9.47. The molecule has 1 saturated carbocycles. The molecule has 0 spiro atoms. The maximum atomic E-state index is 12.8. The fourth-order valence-electron chi connectivity index (χ4n) is 3.16. The van der Waals surface area contributed by atoms with Gasteiger partial charge in [-0.3, -0.25) is 0 Å². The highest BCUT2D eigenvalue weighted by molar-refractivity contribution is 5.83. The maximum absolute atomic E-state index is 12.8. The van der Waals surface area contributed by atoms with Crippen molar-refractivity contribution in [2.45, 2.75) is 65.0 Å². The Balaban J connectivity index is 2.08. The Labute approximate surface area is 127 Å². The topological polar surface area (TPSA) is 60.9 Å². The van der Waals surface area contributed by atoms with E-state index in [-0.39, 0.29) is 11.9 Å². The second-order valence-electron chi connectivity index (χ2n) is 6.99. The molecule has 2 atom stereocenters. The average Bonchev–Trinajstić information content (AvgIpc) is 3.22. The molecule has 1 heterocycles. The Kier molecular flexibility index (Phi) is 5.12. The first-order valence-corrected chi connectivity index (χ1v) is 8.21. The van der Waals surface area contributed by atoms with Gasteiger partial charge in [-0.15, -0.1) is 0 Å². The SMILES string of the molecule is CC(C)CCN(C(=O)N1CCCC(C)C1C(=O)O)C1CC1. The van der Waals surface area contributed by atoms with E-state index in [4.69, 9.17) is 0 Å². The van der Waals surface area contributed by atoms with Gasteiger partial charge in [0.25, 0.3) is 0 Å². The Bertz CT molecular complexity index is 393. The number of amides is 2. The minimum atomic E-state index is -0.866. The molecule has 1 aliphatic carbocycles. The summed E-state index contributed by atoms with van der Waals surface area (Å²) >= 11 is 0. The van der Waals surface area contributed by atoms with Gasteiger partial charge in [-0.1, -0.05) is 20.8 Å². The summed E-state index contributed by atoms with van der Waals surface area (Å²) in [6.45, 7) is 7.56. The molecule has 2 aliphatic rings. The lowest BCUT2D eigenvalue weighted by molar-refractivity contribution is -0.145. The van der Waals surface area contributed by atoms with Gasteiger partial charge in [0.15, 0.2) is 0 Å². The van der Waals surface area contributed by atoms with E-state index >= 15 is 0 Å². The Morgan fingerprint density at radius 3 is 2.48 bits per heavy atom. The second kappa shape index (κ2) is 6.67. The van der Waals surface area contributed by atoms with Gasteiger partial charge in [-0.05, 0) is 43.9 Å². The van der Waals surface area contributed by atoms with Crippen LogP contribution in [0.4, 0.5) is 4.79 Å². The van der Waals surface area contributed by atoms with Gasteiger partial charge in [0, 0.05) is 19.1 Å². The quantitative estimate of drug-likeness (QED) is 0.848. The molecule has 1 saturated heterocycles. The molecule has 0 bridgehead atoms. The minimum absolute atomic E-state index is 0.0337. The van der Waals surface area contributed by atoms with Crippen LogP contribution >= 0.6 is 0 Å². The zero-order chi connectivity index (χ0) is 15.6. The molecule has 1 aliphatic heterocycles. The van der Waals surface area contributed by atoms with E-state index < -0.39 is 12.0 Å². The molecule has 2 unspecified atom stereocenters. The van der Waals surface area contributed by atoms with Crippen LogP contribution in [0.3, 0.4) is 0 Å². The molecule has 21 heavy (non-hydrogen) atoms. The van der Waals surface area contributed by atoms with Crippen molar-refractivity contribution in [3.05, 3.63) is 0 Å². The molecule has 2 amide bonds. The molecule has 0 aromatic rings. The van der Waals surface area contributed by atoms with Gasteiger partial charge in [0.1, 0.15) is 6.04 Å². The van der Waals surface area contributed by atoms with Crippen LogP contribution < -0.4 is 0 Å². The molecule has 2 rings (SSSR count). The smallest absolute Gasteiger partial charge is 0.326 e. The monoisotopic (exact) mass is 296 g/mol. The van der Waals surface area contributed by atoms with E-state index in [0.29, 0.717) is 18.5 Å². The number of rotatable bonds is 5. The molecule has 5 heteroatoms. The number of hydrogen-bond acceptors (Lipinski definition) is 2. The second-order valence-corrected chi connectivity index (χ2v) is 6.99. The van der Waals surface area contributed by atoms with Crippen LogP contribution in [0.2, 0.25) is 0 Å². The van der Waals surface area contributed by atoms with E-state index in [1.54, 1.807) is 4.90 Å². The fraction of sp³-hybridized carbons (Fsp3) is 0.875. The standard InChI is InChI=1S/C16H28N2O3/c1-11(2)8-10-17(13-6-7-13)16(21)18-9-4-5-12(3)14(18)15(19)20/h11-14H,4-10H2,1-3H3,(H,19,20). The van der Waals surface area contributed by atoms with Crippen LogP contribution in [0.25, 0.3) is 0 Å². The average molecular weight is 296 g/mol. The normalized spacial score (nSPS) is 26.0. The van der Waals surface area contributed by atoms with Crippen molar-refractivity contribution in [2.75, 3.05) is 13.1 Å². The van der Waals surface area contributed by atoms with Crippen LogP contribution in [0, 0.1) is 11.8 Å². The summed E-state index contributed by atoms with van der Waals surface area (Å²) in [5.74, 6) is -0.281. The summed E-state index contributed by atoms with van der Waals surface area (Å²) in [6.07, 6.45) is 4.88. The van der Waals surface area contributed by atoms with Crippen molar-refractivity contribution < 1.29 is 14.7 Å². The maximum Gasteiger partial charge on any atom is 0.326 e. The summed E-state index contributed by atoms with van der Waals surface area (Å²) in [6, 6.07) is -0.383. The van der Waals surface area contributed by atoms with E-state index in [9.17, 15) is 14.7 Å². The predicted molar refractivity (Wildman–Crippen MR) is 81.1 cm³/mol. The number of nitrogens with zero attached hydrogens (tertiary/aromatic N) is 2. The van der Waals surface area contributed by atoms with E-state index in [1.807, 2.05) is 11.8 Å². The summed E-state index contributed by atoms with van der Waals surface area (Å²) in [4.78, 5) is 27.9. The first-order chi connectivity index (χ1) is 9.91. The number of likely N-dealkylation sites (tertiary alicyclic amines) is 1. The highest BCUT2D eigenvalue weighted by atomic mass is 16.4. The van der Waals surface area contributed by atoms with Gasteiger partial charge >= 0.3 is 12.0 Å². The molecule has 2 fully saturated rings. The summed E-state index contributed by atoms with van der Waals surface area (Å²) in [5.41, 5.74) is 0. The number of hydrogen-bond donors (Lipinski definition) is 1. The lowest BCUT2D eigenvalue weighted by Gasteiger charge is -2.40. The molecule has 5 nitrogen and oxygen atoms in total. The first-order valence-electron chi connectivity index (χ1n) is 8.21. The number of carboxylic acid groups (broad SMARTS) is 1. The zero-order valence-corrected chi connectivity index (χ0v) is 13.4. The first kappa shape index (κ1) is 16.1. The minimum Gasteiger partial charge on any atom is -0.480 e. The Hall–Kier alpha value is -1.26. The highest BCUT2D eigenvalue weighted by Gasteiger charge is 2.42. The van der Waals surface area contributed by atoms with Crippen molar-refractivity contribution in [3.63, 3.8) is 0 Å². The molecule has 1 N–H and O–H groups in total. The molecule has 0 aromatic carbocycles. The van der Waals surface area contributed by atoms with E-state index in [0.717, 1.165) is 38.6 Å².